The van der Waals surface area contributed by atoms with E-state index in [0.29, 0.717) is 51.5 Å². The van der Waals surface area contributed by atoms with Gasteiger partial charge in [-0.3, -0.25) is 24.2 Å². The van der Waals surface area contributed by atoms with E-state index in [4.69, 9.17) is 0 Å². The van der Waals surface area contributed by atoms with Gasteiger partial charge in [-0.05, 0) is 43.7 Å². The summed E-state index contributed by atoms with van der Waals surface area (Å²) in [5.41, 5.74) is 1.32. The average Bonchev–Trinajstić information content (AvgIpc) is 3.53. The smallest absolute Gasteiger partial charge is 0.368 e. The molecule has 1 aromatic carbocycles. The lowest BCUT2D eigenvalue weighted by atomic mass is 9.72. The zero-order valence-corrected chi connectivity index (χ0v) is 26.0. The van der Waals surface area contributed by atoms with Gasteiger partial charge in [-0.2, -0.15) is 18.4 Å². The van der Waals surface area contributed by atoms with Crippen molar-refractivity contribution in [1.82, 2.24) is 14.8 Å². The Kier molecular flexibility index (Phi) is 7.83. The number of likely N-dealkylation sites (tertiary alicyclic amines) is 2. The van der Waals surface area contributed by atoms with Crippen LogP contribution in [-0.2, 0) is 20.6 Å². The van der Waals surface area contributed by atoms with Gasteiger partial charge in [-0.15, -0.1) is 0 Å². The van der Waals surface area contributed by atoms with E-state index in [2.05, 4.69) is 27.4 Å². The third-order valence-corrected chi connectivity index (χ3v) is 9.94. The summed E-state index contributed by atoms with van der Waals surface area (Å²) in [5.74, 6) is -1.89. The number of likely N-dealkylation sites (N-methyl/N-ethyl adjacent to an activating group) is 1. The zero-order chi connectivity index (χ0) is 33.1. The van der Waals surface area contributed by atoms with Crippen molar-refractivity contribution in [2.24, 2.45) is 17.3 Å². The number of fused-ring (bicyclic) bond motifs is 2. The van der Waals surface area contributed by atoms with Crippen LogP contribution in [0, 0.1) is 42.4 Å². The molecule has 0 radical (unpaired) electrons. The standard InChI is InChI=1S/C33H36F3N7O3/c1-5-27(44)42-18-32(19-42)17-40(16-24(32)14-37)9-10-41-15-22-12-28(45)43(26-13-23(33(34,35)36)11-21(3)38-26)30(22)31(46)39(4)25-8-6-7-20(2)29(25)41/h5-8,11,13,22,24,30H,1,9-10,12,15-19H2,2-4H3/t22-,24+,30+/m1/s1. The molecule has 2 aromatic rings. The van der Waals surface area contributed by atoms with Crippen molar-refractivity contribution in [1.29, 1.82) is 5.26 Å². The highest BCUT2D eigenvalue weighted by molar-refractivity contribution is 6.10. The fourth-order valence-electron chi connectivity index (χ4n) is 7.71. The molecule has 10 nitrogen and oxygen atoms in total. The number of rotatable bonds is 5. The number of alkyl halides is 3. The molecule has 4 aliphatic rings. The van der Waals surface area contributed by atoms with Crippen molar-refractivity contribution in [3.8, 4) is 6.07 Å². The second-order valence-corrected chi connectivity index (χ2v) is 13.0. The predicted octanol–water partition coefficient (Wildman–Crippen LogP) is 3.39. The minimum atomic E-state index is -4.64. The van der Waals surface area contributed by atoms with Crippen molar-refractivity contribution in [3.05, 3.63) is 59.8 Å². The summed E-state index contributed by atoms with van der Waals surface area (Å²) >= 11 is 0. The molecule has 0 saturated carbocycles. The fraction of sp³-hybridized carbons (Fsp3) is 0.485. The van der Waals surface area contributed by atoms with E-state index in [1.807, 2.05) is 25.1 Å². The van der Waals surface area contributed by atoms with E-state index in [9.17, 15) is 32.8 Å². The quantitative estimate of drug-likeness (QED) is 0.464. The molecule has 5 heterocycles. The molecular weight excluding hydrogens is 599 g/mol. The Morgan fingerprint density at radius 3 is 2.57 bits per heavy atom. The molecule has 1 aromatic heterocycles. The largest absolute Gasteiger partial charge is 0.416 e. The number of hydrogen-bond donors (Lipinski definition) is 0. The van der Waals surface area contributed by atoms with Crippen molar-refractivity contribution >= 4 is 34.9 Å². The number of anilines is 3. The second-order valence-electron chi connectivity index (χ2n) is 13.0. The Labute approximate surface area is 265 Å². The Hall–Kier alpha value is -4.44. The second kappa shape index (κ2) is 11.4. The van der Waals surface area contributed by atoms with Crippen LogP contribution in [0.25, 0.3) is 0 Å². The average molecular weight is 636 g/mol. The number of nitrogens with zero attached hydrogens (tertiary/aromatic N) is 7. The summed E-state index contributed by atoms with van der Waals surface area (Å²) in [4.78, 5) is 52.7. The van der Waals surface area contributed by atoms with E-state index in [1.165, 1.54) is 17.9 Å². The van der Waals surface area contributed by atoms with Crippen molar-refractivity contribution in [2.45, 2.75) is 32.5 Å². The number of halogens is 3. The van der Waals surface area contributed by atoms with Gasteiger partial charge in [0.1, 0.15) is 11.9 Å². The Bertz CT molecular complexity index is 1650. The number of aryl methyl sites for hydroxylation is 2. The maximum absolute atomic E-state index is 14.1. The molecule has 46 heavy (non-hydrogen) atoms. The maximum atomic E-state index is 14.1. The monoisotopic (exact) mass is 635 g/mol. The predicted molar refractivity (Wildman–Crippen MR) is 165 cm³/mol. The summed E-state index contributed by atoms with van der Waals surface area (Å²) in [6.07, 6.45) is -3.37. The summed E-state index contributed by atoms with van der Waals surface area (Å²) in [6, 6.07) is 8.81. The molecular formula is C33H36F3N7O3. The highest BCUT2D eigenvalue weighted by Crippen LogP contribution is 2.45. The first-order chi connectivity index (χ1) is 21.8. The third-order valence-electron chi connectivity index (χ3n) is 9.94. The van der Waals surface area contributed by atoms with E-state index in [0.717, 1.165) is 28.3 Å². The Morgan fingerprint density at radius 2 is 1.89 bits per heavy atom. The number of carbonyl (C=O) groups is 3. The van der Waals surface area contributed by atoms with Gasteiger partial charge in [0, 0.05) is 76.3 Å². The molecule has 3 amide bonds. The highest BCUT2D eigenvalue weighted by atomic mass is 19.4. The van der Waals surface area contributed by atoms with Gasteiger partial charge in [-0.1, -0.05) is 18.7 Å². The first kappa shape index (κ1) is 31.5. The van der Waals surface area contributed by atoms with Gasteiger partial charge >= 0.3 is 6.18 Å². The molecule has 0 aliphatic carbocycles. The van der Waals surface area contributed by atoms with Crippen LogP contribution in [0.1, 0.15) is 23.2 Å². The molecule has 13 heteroatoms. The highest BCUT2D eigenvalue weighted by Gasteiger charge is 2.55. The lowest BCUT2D eigenvalue weighted by Gasteiger charge is -2.49. The van der Waals surface area contributed by atoms with Crippen LogP contribution < -0.4 is 14.7 Å². The Balaban J connectivity index is 1.29. The molecule has 6 rings (SSSR count). The Morgan fingerprint density at radius 1 is 1.15 bits per heavy atom. The van der Waals surface area contributed by atoms with Gasteiger partial charge in [-0.25, -0.2) is 4.98 Å². The minimum Gasteiger partial charge on any atom is -0.368 e. The zero-order valence-electron chi connectivity index (χ0n) is 26.0. The molecule has 242 valence electrons. The number of aromatic nitrogens is 1. The topological polar surface area (TPSA) is 104 Å². The van der Waals surface area contributed by atoms with Crippen LogP contribution in [0.5, 0.6) is 0 Å². The van der Waals surface area contributed by atoms with Crippen LogP contribution >= 0.6 is 0 Å². The third kappa shape index (κ3) is 5.28. The van der Waals surface area contributed by atoms with Crippen molar-refractivity contribution < 1.29 is 27.6 Å². The molecule has 3 fully saturated rings. The number of hydrogen-bond acceptors (Lipinski definition) is 7. The number of para-hydroxylation sites is 1. The van der Waals surface area contributed by atoms with Crippen LogP contribution in [0.15, 0.2) is 43.0 Å². The number of carbonyl (C=O) groups excluding carboxylic acids is 3. The molecule has 1 spiro atoms. The number of pyridine rings is 1. The first-order valence-corrected chi connectivity index (χ1v) is 15.3. The molecule has 3 atom stereocenters. The van der Waals surface area contributed by atoms with Gasteiger partial charge in [0.15, 0.2) is 0 Å². The maximum Gasteiger partial charge on any atom is 0.416 e. The summed E-state index contributed by atoms with van der Waals surface area (Å²) in [7, 11) is 1.63. The van der Waals surface area contributed by atoms with Gasteiger partial charge < -0.3 is 14.7 Å². The van der Waals surface area contributed by atoms with Crippen molar-refractivity contribution in [3.63, 3.8) is 0 Å². The van der Waals surface area contributed by atoms with Gasteiger partial charge in [0.25, 0.3) is 0 Å². The summed E-state index contributed by atoms with van der Waals surface area (Å²) in [5, 5.41) is 9.95. The minimum absolute atomic E-state index is 0.0184. The first-order valence-electron chi connectivity index (χ1n) is 15.3. The number of nitriles is 1. The van der Waals surface area contributed by atoms with E-state index in [-0.39, 0.29) is 41.1 Å². The van der Waals surface area contributed by atoms with Crippen LogP contribution in [0.3, 0.4) is 0 Å². The van der Waals surface area contributed by atoms with Crippen LogP contribution in [0.2, 0.25) is 0 Å². The molecule has 3 saturated heterocycles. The number of amides is 3. The van der Waals surface area contributed by atoms with Gasteiger partial charge in [0.2, 0.25) is 17.7 Å². The number of benzene rings is 1. The van der Waals surface area contributed by atoms with Gasteiger partial charge in [0.05, 0.1) is 28.9 Å². The SMILES string of the molecule is C=CC(=O)N1CC2(CN(CCN3C[C@H]4CC(=O)N(c5cc(C(F)(F)F)cc(C)n5)[C@@H]4C(=O)N(C)c4cccc(C)c43)C[C@@H]2C#N)C1. The lowest BCUT2D eigenvalue weighted by Crippen LogP contribution is -2.61. The summed E-state index contributed by atoms with van der Waals surface area (Å²) in [6.45, 7) is 10.7. The fourth-order valence-corrected chi connectivity index (χ4v) is 7.71. The molecule has 4 aliphatic heterocycles. The van der Waals surface area contributed by atoms with Crippen molar-refractivity contribution in [2.75, 3.05) is 67.6 Å². The van der Waals surface area contributed by atoms with E-state index >= 15 is 0 Å². The normalized spacial score (nSPS) is 24.3. The van der Waals surface area contributed by atoms with E-state index in [1.54, 1.807) is 11.9 Å². The molecule has 0 bridgehead atoms. The van der Waals surface area contributed by atoms with Crippen LogP contribution in [-0.4, -0.2) is 91.4 Å². The molecule has 0 N–H and O–H groups in total. The summed E-state index contributed by atoms with van der Waals surface area (Å²) < 4.78 is 41.2. The van der Waals surface area contributed by atoms with E-state index < -0.39 is 29.6 Å². The lowest BCUT2D eigenvalue weighted by molar-refractivity contribution is -0.138. The molecule has 0 unspecified atom stereocenters. The van der Waals surface area contributed by atoms with Crippen LogP contribution in [0.4, 0.5) is 30.4 Å².